The monoisotopic (exact) mass is 456 g/mol. The van der Waals surface area contributed by atoms with E-state index in [2.05, 4.69) is 31.0 Å². The molecule has 0 radical (unpaired) electrons. The van der Waals surface area contributed by atoms with Gasteiger partial charge in [-0.05, 0) is 34.5 Å². The van der Waals surface area contributed by atoms with Crippen LogP contribution in [0.4, 0.5) is 23.4 Å². The molecule has 0 saturated heterocycles. The SMILES string of the molecule is OC(C1=C(F)C(OCC(F)(F)F)=CCC1Cl)C1CNc2ncc(Br)cc21. The zero-order chi connectivity index (χ0) is 19.1. The average Bonchev–Trinajstić information content (AvgIpc) is 2.96. The number of rotatable bonds is 4. The molecule has 0 aromatic carbocycles. The minimum Gasteiger partial charge on any atom is -0.481 e. The highest BCUT2D eigenvalue weighted by atomic mass is 79.9. The highest BCUT2D eigenvalue weighted by Crippen LogP contribution is 2.41. The summed E-state index contributed by atoms with van der Waals surface area (Å²) in [6.07, 6.45) is -3.13. The average molecular weight is 458 g/mol. The number of anilines is 1. The molecule has 26 heavy (non-hydrogen) atoms. The third-order valence-electron chi connectivity index (χ3n) is 4.18. The van der Waals surface area contributed by atoms with Crippen molar-refractivity contribution in [1.29, 1.82) is 0 Å². The molecule has 3 unspecified atom stereocenters. The van der Waals surface area contributed by atoms with Crippen LogP contribution in [0.5, 0.6) is 0 Å². The second-order valence-electron chi connectivity index (χ2n) is 5.97. The molecule has 1 aliphatic carbocycles. The Morgan fingerprint density at radius 2 is 2.19 bits per heavy atom. The van der Waals surface area contributed by atoms with Crippen molar-refractivity contribution in [3.63, 3.8) is 0 Å². The Labute approximate surface area is 160 Å². The molecule has 142 valence electrons. The van der Waals surface area contributed by atoms with Crippen molar-refractivity contribution in [2.24, 2.45) is 0 Å². The zero-order valence-electron chi connectivity index (χ0n) is 13.2. The number of ether oxygens (including phenoxy) is 1. The van der Waals surface area contributed by atoms with Crippen molar-refractivity contribution in [3.8, 4) is 0 Å². The molecular weight excluding hydrogens is 444 g/mol. The van der Waals surface area contributed by atoms with Crippen LogP contribution in [0.1, 0.15) is 17.9 Å². The minimum absolute atomic E-state index is 0.0539. The first-order valence-corrected chi connectivity index (χ1v) is 8.91. The van der Waals surface area contributed by atoms with Gasteiger partial charge in [-0.3, -0.25) is 0 Å². The number of hydrogen-bond acceptors (Lipinski definition) is 4. The van der Waals surface area contributed by atoms with Gasteiger partial charge in [0, 0.05) is 34.3 Å². The number of hydrogen-bond donors (Lipinski definition) is 2. The highest BCUT2D eigenvalue weighted by Gasteiger charge is 2.39. The second-order valence-corrected chi connectivity index (χ2v) is 7.41. The third-order valence-corrected chi connectivity index (χ3v) is 5.03. The highest BCUT2D eigenvalue weighted by molar-refractivity contribution is 9.10. The van der Waals surface area contributed by atoms with Gasteiger partial charge in [-0.1, -0.05) is 0 Å². The van der Waals surface area contributed by atoms with Crippen molar-refractivity contribution in [3.05, 3.63) is 45.5 Å². The van der Waals surface area contributed by atoms with E-state index in [1.165, 1.54) is 0 Å². The van der Waals surface area contributed by atoms with Crippen molar-refractivity contribution in [2.45, 2.75) is 30.0 Å². The standard InChI is InChI=1S/C16H14BrClF4N2O2/c17-7-3-8-9(5-24-15(8)23-4-7)14(25)12-10(18)1-2-11(13(12)19)26-6-16(20,21)22/h2-4,9-10,14,25H,1,5-6H2,(H,23,24). The molecule has 0 fully saturated rings. The Morgan fingerprint density at radius 3 is 2.88 bits per heavy atom. The second kappa shape index (κ2) is 7.36. The number of allylic oxidation sites excluding steroid dienone is 2. The number of nitrogens with one attached hydrogen (secondary N) is 1. The summed E-state index contributed by atoms with van der Waals surface area (Å²) in [5.41, 5.74) is 0.495. The van der Waals surface area contributed by atoms with Gasteiger partial charge < -0.3 is 15.2 Å². The van der Waals surface area contributed by atoms with E-state index >= 15 is 0 Å². The summed E-state index contributed by atoms with van der Waals surface area (Å²) in [5.74, 6) is -1.58. The molecule has 0 bridgehead atoms. The molecule has 2 heterocycles. The van der Waals surface area contributed by atoms with Gasteiger partial charge >= 0.3 is 6.18 Å². The number of aliphatic hydroxyl groups excluding tert-OH is 1. The third kappa shape index (κ3) is 3.99. The van der Waals surface area contributed by atoms with Gasteiger partial charge in [-0.2, -0.15) is 13.2 Å². The number of aromatic nitrogens is 1. The molecule has 1 aliphatic heterocycles. The molecule has 4 nitrogen and oxygen atoms in total. The van der Waals surface area contributed by atoms with Crippen LogP contribution in [-0.4, -0.2) is 40.9 Å². The summed E-state index contributed by atoms with van der Waals surface area (Å²) in [6.45, 7) is -1.32. The van der Waals surface area contributed by atoms with Crippen molar-refractivity contribution in [2.75, 3.05) is 18.5 Å². The first-order chi connectivity index (χ1) is 12.2. The maximum Gasteiger partial charge on any atom is 0.422 e. The maximum atomic E-state index is 14.7. The Bertz CT molecular complexity index is 769. The van der Waals surface area contributed by atoms with E-state index in [9.17, 15) is 22.7 Å². The lowest BCUT2D eigenvalue weighted by atomic mass is 9.86. The normalized spacial score (nSPS) is 24.0. The zero-order valence-corrected chi connectivity index (χ0v) is 15.5. The van der Waals surface area contributed by atoms with Crippen LogP contribution < -0.4 is 5.32 Å². The van der Waals surface area contributed by atoms with Crippen LogP contribution in [0.3, 0.4) is 0 Å². The van der Waals surface area contributed by atoms with E-state index in [1.54, 1.807) is 12.3 Å². The van der Waals surface area contributed by atoms with Gasteiger partial charge in [0.25, 0.3) is 0 Å². The van der Waals surface area contributed by atoms with Crippen molar-refractivity contribution >= 4 is 33.3 Å². The van der Waals surface area contributed by atoms with Crippen LogP contribution >= 0.6 is 27.5 Å². The Morgan fingerprint density at radius 1 is 1.46 bits per heavy atom. The Hall–Kier alpha value is -1.32. The summed E-state index contributed by atoms with van der Waals surface area (Å²) in [5, 5.41) is 12.9. The molecule has 1 aromatic rings. The van der Waals surface area contributed by atoms with Gasteiger partial charge in [0.05, 0.1) is 11.5 Å². The van der Waals surface area contributed by atoms with E-state index in [-0.39, 0.29) is 12.0 Å². The Balaban J connectivity index is 1.87. The summed E-state index contributed by atoms with van der Waals surface area (Å²) < 4.78 is 57.0. The summed E-state index contributed by atoms with van der Waals surface area (Å²) in [4.78, 5) is 4.17. The van der Waals surface area contributed by atoms with Gasteiger partial charge in [0.2, 0.25) is 0 Å². The van der Waals surface area contributed by atoms with E-state index < -0.39 is 41.8 Å². The first kappa shape index (κ1) is 19.4. The van der Waals surface area contributed by atoms with E-state index in [4.69, 9.17) is 11.6 Å². The molecule has 0 amide bonds. The fourth-order valence-corrected chi connectivity index (χ4v) is 3.67. The molecule has 0 saturated carbocycles. The smallest absolute Gasteiger partial charge is 0.422 e. The van der Waals surface area contributed by atoms with E-state index in [0.29, 0.717) is 22.4 Å². The fraction of sp³-hybridized carbons (Fsp3) is 0.438. The number of halogens is 6. The lowest BCUT2D eigenvalue weighted by Crippen LogP contribution is -2.30. The predicted octanol–water partition coefficient (Wildman–Crippen LogP) is 4.41. The minimum atomic E-state index is -4.59. The number of aliphatic hydroxyl groups is 1. The lowest BCUT2D eigenvalue weighted by Gasteiger charge is -2.28. The summed E-state index contributed by atoms with van der Waals surface area (Å²) >= 11 is 9.43. The molecule has 2 N–H and O–H groups in total. The molecule has 0 spiro atoms. The Kier molecular flexibility index (Phi) is 5.50. The quantitative estimate of drug-likeness (QED) is 0.519. The van der Waals surface area contributed by atoms with Crippen LogP contribution in [0, 0.1) is 0 Å². The number of pyridine rings is 1. The molecule has 10 heteroatoms. The van der Waals surface area contributed by atoms with E-state index in [1.807, 2.05) is 0 Å². The molecule has 3 atom stereocenters. The van der Waals surface area contributed by atoms with Gasteiger partial charge in [0.1, 0.15) is 5.82 Å². The number of nitrogens with zero attached hydrogens (tertiary/aromatic N) is 1. The van der Waals surface area contributed by atoms with Gasteiger partial charge in [-0.25, -0.2) is 9.37 Å². The summed E-state index contributed by atoms with van der Waals surface area (Å²) in [6, 6.07) is 1.75. The van der Waals surface area contributed by atoms with Gasteiger partial charge in [0.15, 0.2) is 18.2 Å². The molecular formula is C16H14BrClF4N2O2. The molecule has 1 aromatic heterocycles. The van der Waals surface area contributed by atoms with Crippen molar-refractivity contribution in [1.82, 2.24) is 4.98 Å². The fourth-order valence-electron chi connectivity index (χ4n) is 3.00. The topological polar surface area (TPSA) is 54.4 Å². The largest absolute Gasteiger partial charge is 0.481 e. The first-order valence-electron chi connectivity index (χ1n) is 7.68. The summed E-state index contributed by atoms with van der Waals surface area (Å²) in [7, 11) is 0. The van der Waals surface area contributed by atoms with Crippen LogP contribution in [0.25, 0.3) is 0 Å². The van der Waals surface area contributed by atoms with Crippen molar-refractivity contribution < 1.29 is 27.4 Å². The molecule has 3 rings (SSSR count). The van der Waals surface area contributed by atoms with Crippen LogP contribution in [0.2, 0.25) is 0 Å². The maximum absolute atomic E-state index is 14.7. The van der Waals surface area contributed by atoms with Crippen LogP contribution in [0.15, 0.2) is 40.0 Å². The molecule has 2 aliphatic rings. The number of fused-ring (bicyclic) bond motifs is 1. The van der Waals surface area contributed by atoms with E-state index in [0.717, 1.165) is 6.08 Å². The van der Waals surface area contributed by atoms with Crippen LogP contribution in [-0.2, 0) is 4.74 Å². The lowest BCUT2D eigenvalue weighted by molar-refractivity contribution is -0.164. The number of alkyl halides is 4. The van der Waals surface area contributed by atoms with Gasteiger partial charge in [-0.15, -0.1) is 11.6 Å². The predicted molar refractivity (Wildman–Crippen MR) is 91.7 cm³/mol.